The molecule has 0 N–H and O–H groups in total. The summed E-state index contributed by atoms with van der Waals surface area (Å²) < 4.78 is 34.7. The Bertz CT molecular complexity index is 1710. The lowest BCUT2D eigenvalue weighted by atomic mass is 9.90. The van der Waals surface area contributed by atoms with Crippen molar-refractivity contribution in [2.24, 2.45) is 0 Å². The Hall–Kier alpha value is -2.89. The van der Waals surface area contributed by atoms with Crippen molar-refractivity contribution in [3.05, 3.63) is 70.8 Å². The molecule has 1 atom stereocenters. The lowest BCUT2D eigenvalue weighted by molar-refractivity contribution is 0.129. The number of hydrogen-bond acceptors (Lipinski definition) is 8. The number of ether oxygens (including phenoxy) is 1. The molecule has 2 fully saturated rings. The zero-order valence-electron chi connectivity index (χ0n) is 24.7. The van der Waals surface area contributed by atoms with Crippen LogP contribution >= 0.6 is 11.3 Å². The van der Waals surface area contributed by atoms with Crippen LogP contribution in [0.25, 0.3) is 27.9 Å². The van der Waals surface area contributed by atoms with E-state index in [1.54, 1.807) is 41.8 Å². The molecule has 2 saturated heterocycles. The first-order chi connectivity index (χ1) is 21.0. The number of benzene rings is 1. The van der Waals surface area contributed by atoms with E-state index in [2.05, 4.69) is 34.4 Å². The highest BCUT2D eigenvalue weighted by molar-refractivity contribution is 7.90. The first kappa shape index (κ1) is 28.9. The topological polar surface area (TPSA) is 80.6 Å². The van der Waals surface area contributed by atoms with Gasteiger partial charge in [-0.2, -0.15) is 0 Å². The Morgan fingerprint density at radius 1 is 1.02 bits per heavy atom. The molecule has 0 spiro atoms. The number of fused-ring (bicyclic) bond motifs is 1. The van der Waals surface area contributed by atoms with Gasteiger partial charge in [-0.1, -0.05) is 24.3 Å². The van der Waals surface area contributed by atoms with Crippen LogP contribution in [0.15, 0.2) is 65.1 Å². The minimum absolute atomic E-state index is 0.245. The summed E-state index contributed by atoms with van der Waals surface area (Å²) in [5, 5.41) is 4.05. The molecular weight excluding hydrogens is 579 g/mol. The van der Waals surface area contributed by atoms with Crippen LogP contribution in [-0.4, -0.2) is 84.6 Å². The second-order valence-corrected chi connectivity index (χ2v) is 14.8. The van der Waals surface area contributed by atoms with E-state index in [1.807, 2.05) is 12.3 Å². The second kappa shape index (κ2) is 12.2. The number of hydrogen-bond donors (Lipinski definition) is 0. The predicted molar refractivity (Wildman–Crippen MR) is 172 cm³/mol. The van der Waals surface area contributed by atoms with Gasteiger partial charge in [0.05, 0.1) is 22.2 Å². The fourth-order valence-corrected chi connectivity index (χ4v) is 9.08. The molecule has 226 valence electrons. The van der Waals surface area contributed by atoms with Crippen LogP contribution in [-0.2, 0) is 14.8 Å². The lowest BCUT2D eigenvalue weighted by Gasteiger charge is -2.32. The van der Waals surface area contributed by atoms with Crippen molar-refractivity contribution in [3.63, 3.8) is 0 Å². The summed E-state index contributed by atoms with van der Waals surface area (Å²) in [6, 6.07) is 11.3. The smallest absolute Gasteiger partial charge is 0.269 e. The van der Waals surface area contributed by atoms with E-state index in [1.165, 1.54) is 9.55 Å². The molecule has 0 bridgehead atoms. The summed E-state index contributed by atoms with van der Waals surface area (Å²) in [6.45, 7) is 5.92. The first-order valence-electron chi connectivity index (χ1n) is 15.4. The van der Waals surface area contributed by atoms with Gasteiger partial charge in [0.25, 0.3) is 10.0 Å². The third-order valence-electron chi connectivity index (χ3n) is 9.30. The Kier molecular flexibility index (Phi) is 8.22. The molecular formula is C33H39N5O3S2. The van der Waals surface area contributed by atoms with Gasteiger partial charge in [0, 0.05) is 60.4 Å². The highest BCUT2D eigenvalue weighted by atomic mass is 32.2. The second-order valence-electron chi connectivity index (χ2n) is 12.1. The Morgan fingerprint density at radius 2 is 1.86 bits per heavy atom. The maximum absolute atomic E-state index is 13.8. The Morgan fingerprint density at radius 3 is 2.65 bits per heavy atom. The lowest BCUT2D eigenvalue weighted by Crippen LogP contribution is -2.37. The number of aromatic nitrogens is 3. The molecule has 0 amide bonds. The van der Waals surface area contributed by atoms with Gasteiger partial charge < -0.3 is 9.64 Å². The van der Waals surface area contributed by atoms with Gasteiger partial charge in [-0.3, -0.25) is 4.90 Å². The highest BCUT2D eigenvalue weighted by Crippen LogP contribution is 2.38. The van der Waals surface area contributed by atoms with Crippen molar-refractivity contribution in [1.82, 2.24) is 23.7 Å². The molecule has 1 unspecified atom stereocenters. The average Bonchev–Trinajstić information content (AvgIpc) is 3.58. The van der Waals surface area contributed by atoms with E-state index in [-0.39, 0.29) is 4.90 Å². The summed E-state index contributed by atoms with van der Waals surface area (Å²) in [5.41, 5.74) is 4.43. The molecule has 5 heterocycles. The minimum Gasteiger partial charge on any atom is -0.380 e. The van der Waals surface area contributed by atoms with Gasteiger partial charge in [0.15, 0.2) is 5.65 Å². The molecule has 2 aliphatic heterocycles. The van der Waals surface area contributed by atoms with Crippen LogP contribution in [0, 0.1) is 0 Å². The minimum atomic E-state index is -3.84. The summed E-state index contributed by atoms with van der Waals surface area (Å²) in [6.07, 6.45) is 12.3. The number of allylic oxidation sites excluding steroid dienone is 1. The van der Waals surface area contributed by atoms with Crippen LogP contribution in [0.4, 0.5) is 0 Å². The number of likely N-dealkylation sites (tertiary alicyclic amines) is 1. The van der Waals surface area contributed by atoms with E-state index < -0.39 is 10.0 Å². The van der Waals surface area contributed by atoms with Crippen LogP contribution in [0.2, 0.25) is 0 Å². The number of pyridine rings is 1. The van der Waals surface area contributed by atoms with E-state index >= 15 is 0 Å². The fourth-order valence-electron chi connectivity index (χ4n) is 6.75. The van der Waals surface area contributed by atoms with Crippen molar-refractivity contribution < 1.29 is 13.2 Å². The van der Waals surface area contributed by atoms with Gasteiger partial charge in [0.2, 0.25) is 0 Å². The molecule has 10 heteroatoms. The van der Waals surface area contributed by atoms with Crippen molar-refractivity contribution in [2.75, 3.05) is 46.4 Å². The largest absolute Gasteiger partial charge is 0.380 e. The van der Waals surface area contributed by atoms with Crippen molar-refractivity contribution >= 4 is 38.0 Å². The maximum Gasteiger partial charge on any atom is 0.269 e. The molecule has 43 heavy (non-hydrogen) atoms. The van der Waals surface area contributed by atoms with Crippen LogP contribution < -0.4 is 0 Å². The normalized spacial score (nSPS) is 21.6. The van der Waals surface area contributed by atoms with E-state index in [0.717, 1.165) is 105 Å². The van der Waals surface area contributed by atoms with Gasteiger partial charge in [-0.15, -0.1) is 11.3 Å². The van der Waals surface area contributed by atoms with Crippen LogP contribution in [0.1, 0.15) is 55.0 Å². The molecule has 3 aromatic heterocycles. The summed E-state index contributed by atoms with van der Waals surface area (Å²) in [7, 11) is -1.67. The van der Waals surface area contributed by atoms with Crippen molar-refractivity contribution in [3.8, 4) is 11.3 Å². The van der Waals surface area contributed by atoms with E-state index in [4.69, 9.17) is 14.7 Å². The number of thiazole rings is 1. The Balaban J connectivity index is 1.26. The summed E-state index contributed by atoms with van der Waals surface area (Å²) in [5.74, 6) is 0.446. The van der Waals surface area contributed by atoms with Crippen molar-refractivity contribution in [2.45, 2.75) is 55.4 Å². The molecule has 3 aliphatic rings. The number of nitrogens with zero attached hydrogens (tertiary/aromatic N) is 5. The average molecular weight is 618 g/mol. The zero-order chi connectivity index (χ0) is 29.4. The van der Waals surface area contributed by atoms with Crippen LogP contribution in [0.3, 0.4) is 0 Å². The molecule has 1 aliphatic carbocycles. The fraction of sp³-hybridized carbons (Fsp3) is 0.455. The molecule has 7 rings (SSSR count). The highest BCUT2D eigenvalue weighted by Gasteiger charge is 2.27. The first-order valence-corrected chi connectivity index (χ1v) is 17.8. The quantitative estimate of drug-likeness (QED) is 0.268. The SMILES string of the molecule is CN1CCC(c2nc(-c3cn(S(=O)(=O)c4ccccc4)c4ncc(C5=CCC(N6CCCOCC6)CC5)cc34)cs2)CC1. The summed E-state index contributed by atoms with van der Waals surface area (Å²) in [4.78, 5) is 15.1. The molecule has 4 aromatic rings. The maximum atomic E-state index is 13.8. The zero-order valence-corrected chi connectivity index (χ0v) is 26.3. The molecule has 0 radical (unpaired) electrons. The molecule has 0 saturated carbocycles. The van der Waals surface area contributed by atoms with Gasteiger partial charge in [-0.05, 0) is 88.0 Å². The van der Waals surface area contributed by atoms with Crippen LogP contribution in [0.5, 0.6) is 0 Å². The number of rotatable bonds is 6. The monoisotopic (exact) mass is 617 g/mol. The van der Waals surface area contributed by atoms with Gasteiger partial charge in [-0.25, -0.2) is 22.4 Å². The standard InChI is InChI=1S/C33H39N5O3S2/c1-36-15-12-25(13-16-36)33-35-31(23-42-33)30-22-38(43(39,40)28-6-3-2-4-7-28)32-29(30)20-26(21-34-32)24-8-10-27(11-9-24)37-14-5-18-41-19-17-37/h2-4,6-8,20-23,25,27H,5,9-19H2,1H3. The predicted octanol–water partition coefficient (Wildman–Crippen LogP) is 5.86. The molecule has 8 nitrogen and oxygen atoms in total. The number of piperidine rings is 1. The third-order valence-corrected chi connectivity index (χ3v) is 12.0. The van der Waals surface area contributed by atoms with Gasteiger partial charge >= 0.3 is 0 Å². The molecule has 1 aromatic carbocycles. The van der Waals surface area contributed by atoms with E-state index in [0.29, 0.717) is 17.6 Å². The third kappa shape index (κ3) is 5.83. The van der Waals surface area contributed by atoms with Crippen molar-refractivity contribution in [1.29, 1.82) is 0 Å². The van der Waals surface area contributed by atoms with Gasteiger partial charge in [0.1, 0.15) is 0 Å². The Labute approximate surface area is 258 Å². The van der Waals surface area contributed by atoms with E-state index in [9.17, 15) is 8.42 Å². The summed E-state index contributed by atoms with van der Waals surface area (Å²) >= 11 is 1.69.